The molecule has 1 atom stereocenters. The Morgan fingerprint density at radius 3 is 3.04 bits per heavy atom. The molecule has 0 amide bonds. The van der Waals surface area contributed by atoms with Crippen molar-refractivity contribution in [1.82, 2.24) is 14.5 Å². The van der Waals surface area contributed by atoms with E-state index < -0.39 is 0 Å². The van der Waals surface area contributed by atoms with Crippen LogP contribution in [-0.4, -0.2) is 39.3 Å². The van der Waals surface area contributed by atoms with E-state index in [-0.39, 0.29) is 5.75 Å². The number of piperidine rings is 1. The van der Waals surface area contributed by atoms with Crippen LogP contribution in [0.1, 0.15) is 31.2 Å². The third-order valence-electron chi connectivity index (χ3n) is 4.70. The summed E-state index contributed by atoms with van der Waals surface area (Å²) in [7, 11) is 1.59. The molecule has 2 aromatic rings. The lowest BCUT2D eigenvalue weighted by molar-refractivity contribution is 0.127. The van der Waals surface area contributed by atoms with Crippen molar-refractivity contribution in [2.45, 2.75) is 44.8 Å². The largest absolute Gasteiger partial charge is 0.504 e. The van der Waals surface area contributed by atoms with Gasteiger partial charge in [-0.2, -0.15) is 0 Å². The van der Waals surface area contributed by atoms with Gasteiger partial charge >= 0.3 is 0 Å². The molecule has 1 fully saturated rings. The molecular formula is C18H25N3O2. The highest BCUT2D eigenvalue weighted by Crippen LogP contribution is 2.32. The van der Waals surface area contributed by atoms with Crippen LogP contribution < -0.4 is 4.74 Å². The van der Waals surface area contributed by atoms with Gasteiger partial charge in [0.2, 0.25) is 0 Å². The predicted molar refractivity (Wildman–Crippen MR) is 89.6 cm³/mol. The number of likely N-dealkylation sites (tertiary alicyclic amines) is 1. The van der Waals surface area contributed by atoms with Crippen molar-refractivity contribution in [3.8, 4) is 11.5 Å². The van der Waals surface area contributed by atoms with Gasteiger partial charge in [0.1, 0.15) is 0 Å². The summed E-state index contributed by atoms with van der Waals surface area (Å²) < 4.78 is 7.35. The molecule has 1 saturated heterocycles. The molecule has 124 valence electrons. The number of hydrogen-bond acceptors (Lipinski definition) is 4. The normalized spacial score (nSPS) is 18.9. The van der Waals surface area contributed by atoms with E-state index in [1.54, 1.807) is 13.2 Å². The van der Waals surface area contributed by atoms with Gasteiger partial charge in [-0.1, -0.05) is 18.6 Å². The number of benzene rings is 1. The van der Waals surface area contributed by atoms with Gasteiger partial charge in [-0.25, -0.2) is 4.98 Å². The van der Waals surface area contributed by atoms with Gasteiger partial charge in [0.15, 0.2) is 11.5 Å². The average Bonchev–Trinajstić information content (AvgIpc) is 3.09. The smallest absolute Gasteiger partial charge is 0.162 e. The molecule has 0 spiro atoms. The van der Waals surface area contributed by atoms with Crippen molar-refractivity contribution >= 4 is 0 Å². The van der Waals surface area contributed by atoms with Crippen molar-refractivity contribution in [3.63, 3.8) is 0 Å². The summed E-state index contributed by atoms with van der Waals surface area (Å²) in [6.07, 6.45) is 10.6. The highest BCUT2D eigenvalue weighted by molar-refractivity contribution is 5.45. The monoisotopic (exact) mass is 315 g/mol. The Balaban J connectivity index is 1.66. The van der Waals surface area contributed by atoms with E-state index in [0.717, 1.165) is 31.6 Å². The van der Waals surface area contributed by atoms with Gasteiger partial charge in [-0.05, 0) is 31.9 Å². The molecule has 1 aromatic carbocycles. The van der Waals surface area contributed by atoms with Crippen molar-refractivity contribution in [2.75, 3.05) is 13.7 Å². The van der Waals surface area contributed by atoms with Gasteiger partial charge < -0.3 is 14.4 Å². The number of ether oxygens (including phenoxy) is 1. The maximum atomic E-state index is 10.3. The molecule has 5 heteroatoms. The molecule has 1 aromatic heterocycles. The lowest BCUT2D eigenvalue weighted by atomic mass is 9.98. The molecule has 5 nitrogen and oxygen atoms in total. The fourth-order valence-corrected chi connectivity index (χ4v) is 3.39. The molecule has 1 aliphatic rings. The van der Waals surface area contributed by atoms with E-state index >= 15 is 0 Å². The van der Waals surface area contributed by atoms with Gasteiger partial charge in [0.25, 0.3) is 0 Å². The third kappa shape index (κ3) is 3.85. The van der Waals surface area contributed by atoms with Crippen LogP contribution in [0.5, 0.6) is 11.5 Å². The first kappa shape index (κ1) is 15.9. The SMILES string of the molecule is COc1cccc(CN2CCCCC2CCn2ccnc2)c1O. The number of rotatable bonds is 6. The minimum atomic E-state index is 0.272. The van der Waals surface area contributed by atoms with Crippen LogP contribution in [0, 0.1) is 0 Å². The molecule has 1 N–H and O–H groups in total. The third-order valence-corrected chi connectivity index (χ3v) is 4.70. The number of nitrogens with zero attached hydrogens (tertiary/aromatic N) is 3. The van der Waals surface area contributed by atoms with Crippen LogP contribution in [0.2, 0.25) is 0 Å². The molecule has 0 aliphatic carbocycles. The van der Waals surface area contributed by atoms with Crippen molar-refractivity contribution in [2.24, 2.45) is 0 Å². The fraction of sp³-hybridized carbons (Fsp3) is 0.500. The van der Waals surface area contributed by atoms with Crippen molar-refractivity contribution in [1.29, 1.82) is 0 Å². The highest BCUT2D eigenvalue weighted by atomic mass is 16.5. The zero-order chi connectivity index (χ0) is 16.1. The number of phenols is 1. The lowest BCUT2D eigenvalue weighted by Gasteiger charge is -2.36. The summed E-state index contributed by atoms with van der Waals surface area (Å²) in [6.45, 7) is 2.86. The molecule has 1 aliphatic heterocycles. The first-order valence-electron chi connectivity index (χ1n) is 8.32. The minimum absolute atomic E-state index is 0.272. The first-order valence-corrected chi connectivity index (χ1v) is 8.32. The van der Waals surface area contributed by atoms with Crippen LogP contribution >= 0.6 is 0 Å². The Kier molecular flexibility index (Phi) is 5.18. The van der Waals surface area contributed by atoms with Crippen LogP contribution in [0.25, 0.3) is 0 Å². The van der Waals surface area contributed by atoms with Gasteiger partial charge in [-0.15, -0.1) is 0 Å². The number of methoxy groups -OCH3 is 1. The van der Waals surface area contributed by atoms with E-state index in [1.165, 1.54) is 19.3 Å². The lowest BCUT2D eigenvalue weighted by Crippen LogP contribution is -2.39. The van der Waals surface area contributed by atoms with E-state index in [2.05, 4.69) is 14.5 Å². The standard InChI is InChI=1S/C18H25N3O2/c1-23-17-7-4-5-15(18(17)22)13-21-10-3-2-6-16(21)8-11-20-12-9-19-14-20/h4-5,7,9,12,14,16,22H,2-3,6,8,10-11,13H2,1H3. The predicted octanol–water partition coefficient (Wildman–Crippen LogP) is 3.04. The van der Waals surface area contributed by atoms with Gasteiger partial charge in [-0.3, -0.25) is 4.90 Å². The first-order chi connectivity index (χ1) is 11.3. The van der Waals surface area contributed by atoms with Gasteiger partial charge in [0, 0.05) is 37.1 Å². The molecule has 0 saturated carbocycles. The zero-order valence-electron chi connectivity index (χ0n) is 13.7. The van der Waals surface area contributed by atoms with Crippen molar-refractivity contribution in [3.05, 3.63) is 42.5 Å². The van der Waals surface area contributed by atoms with E-state index in [0.29, 0.717) is 11.8 Å². The van der Waals surface area contributed by atoms with Gasteiger partial charge in [0.05, 0.1) is 13.4 Å². The summed E-state index contributed by atoms with van der Waals surface area (Å²) in [5.74, 6) is 0.823. The Morgan fingerprint density at radius 1 is 1.35 bits per heavy atom. The Morgan fingerprint density at radius 2 is 2.26 bits per heavy atom. The number of hydrogen-bond donors (Lipinski definition) is 1. The molecule has 2 heterocycles. The topological polar surface area (TPSA) is 50.5 Å². The van der Waals surface area contributed by atoms with E-state index in [1.807, 2.05) is 30.9 Å². The second-order valence-corrected chi connectivity index (χ2v) is 6.18. The molecular weight excluding hydrogens is 290 g/mol. The zero-order valence-corrected chi connectivity index (χ0v) is 13.7. The maximum Gasteiger partial charge on any atom is 0.162 e. The van der Waals surface area contributed by atoms with Crippen molar-refractivity contribution < 1.29 is 9.84 Å². The maximum absolute atomic E-state index is 10.3. The Bertz CT molecular complexity index is 613. The van der Waals surface area contributed by atoms with Crippen LogP contribution in [-0.2, 0) is 13.1 Å². The number of aromatic hydroxyl groups is 1. The summed E-state index contributed by atoms with van der Waals surface area (Å²) in [5.41, 5.74) is 0.943. The highest BCUT2D eigenvalue weighted by Gasteiger charge is 2.23. The summed E-state index contributed by atoms with van der Waals surface area (Å²) in [6, 6.07) is 6.28. The van der Waals surface area contributed by atoms with E-state index in [9.17, 15) is 5.11 Å². The van der Waals surface area contributed by atoms with Crippen LogP contribution in [0.3, 0.4) is 0 Å². The second-order valence-electron chi connectivity index (χ2n) is 6.18. The number of phenolic OH excluding ortho intramolecular Hbond substituents is 1. The second kappa shape index (κ2) is 7.51. The number of imidazole rings is 1. The number of aryl methyl sites for hydroxylation is 1. The quantitative estimate of drug-likeness (QED) is 0.890. The minimum Gasteiger partial charge on any atom is -0.504 e. The average molecular weight is 315 g/mol. The summed E-state index contributed by atoms with van der Waals surface area (Å²) in [5, 5.41) is 10.3. The Labute approximate surface area is 137 Å². The number of para-hydroxylation sites is 1. The molecule has 1 unspecified atom stereocenters. The summed E-state index contributed by atoms with van der Waals surface area (Å²) >= 11 is 0. The molecule has 0 bridgehead atoms. The summed E-state index contributed by atoms with van der Waals surface area (Å²) in [4.78, 5) is 6.60. The molecule has 3 rings (SSSR count). The van der Waals surface area contributed by atoms with Crippen LogP contribution in [0.4, 0.5) is 0 Å². The molecule has 23 heavy (non-hydrogen) atoms. The fourth-order valence-electron chi connectivity index (χ4n) is 3.39. The van der Waals surface area contributed by atoms with E-state index in [4.69, 9.17) is 4.74 Å². The molecule has 0 radical (unpaired) electrons. The van der Waals surface area contributed by atoms with Crippen LogP contribution in [0.15, 0.2) is 36.9 Å². The Hall–Kier alpha value is -2.01. The number of aromatic nitrogens is 2.